The van der Waals surface area contributed by atoms with Gasteiger partial charge in [0.1, 0.15) is 6.54 Å². The van der Waals surface area contributed by atoms with Crippen LogP contribution in [0.25, 0.3) is 6.08 Å². The molecular weight excluding hydrogens is 297 g/mol. The summed E-state index contributed by atoms with van der Waals surface area (Å²) in [7, 11) is 0. The van der Waals surface area contributed by atoms with Crippen LogP contribution >= 0.6 is 0 Å². The van der Waals surface area contributed by atoms with E-state index in [9.17, 15) is 22.8 Å². The number of halogens is 3. The molecule has 7 heteroatoms. The van der Waals surface area contributed by atoms with Crippen molar-refractivity contribution in [2.45, 2.75) is 18.6 Å². The topological polar surface area (TPSA) is 49.4 Å². The second-order valence-electron chi connectivity index (χ2n) is 5.04. The molecule has 1 heterocycles. The molecule has 0 unspecified atom stereocenters. The van der Waals surface area contributed by atoms with Crippen molar-refractivity contribution in [3.63, 3.8) is 0 Å². The molecular formula is C15H15F3N2O2. The van der Waals surface area contributed by atoms with E-state index < -0.39 is 30.6 Å². The second-order valence-corrected chi connectivity index (χ2v) is 5.04. The summed E-state index contributed by atoms with van der Waals surface area (Å²) < 4.78 is 36.9. The molecule has 2 amide bonds. The molecule has 1 atom stereocenters. The van der Waals surface area contributed by atoms with E-state index in [1.807, 2.05) is 30.3 Å². The zero-order valence-electron chi connectivity index (χ0n) is 11.6. The first-order chi connectivity index (χ1) is 10.3. The lowest BCUT2D eigenvalue weighted by molar-refractivity contribution is -0.157. The van der Waals surface area contributed by atoms with Crippen LogP contribution in [-0.4, -0.2) is 42.0 Å². The quantitative estimate of drug-likeness (QED) is 0.864. The van der Waals surface area contributed by atoms with Gasteiger partial charge in [-0.2, -0.15) is 13.2 Å². The van der Waals surface area contributed by atoms with Crippen LogP contribution < -0.4 is 5.32 Å². The summed E-state index contributed by atoms with van der Waals surface area (Å²) in [5, 5.41) is 2.54. The van der Waals surface area contributed by atoms with Crippen molar-refractivity contribution in [3.05, 3.63) is 42.0 Å². The summed E-state index contributed by atoms with van der Waals surface area (Å²) in [6.07, 6.45) is -1.64. The van der Waals surface area contributed by atoms with Crippen molar-refractivity contribution in [3.8, 4) is 0 Å². The van der Waals surface area contributed by atoms with Gasteiger partial charge >= 0.3 is 6.18 Å². The molecule has 0 spiro atoms. The van der Waals surface area contributed by atoms with Crippen molar-refractivity contribution < 1.29 is 22.8 Å². The lowest BCUT2D eigenvalue weighted by atomic mass is 10.2. The van der Waals surface area contributed by atoms with Gasteiger partial charge in [0, 0.05) is 19.0 Å². The Kier molecular flexibility index (Phi) is 4.85. The van der Waals surface area contributed by atoms with Gasteiger partial charge in [-0.25, -0.2) is 0 Å². The van der Waals surface area contributed by atoms with Crippen molar-refractivity contribution >= 4 is 17.9 Å². The highest BCUT2D eigenvalue weighted by Crippen LogP contribution is 2.20. The Morgan fingerprint density at radius 1 is 1.32 bits per heavy atom. The van der Waals surface area contributed by atoms with Gasteiger partial charge in [0.2, 0.25) is 11.8 Å². The minimum Gasteiger partial charge on any atom is -0.348 e. The van der Waals surface area contributed by atoms with E-state index in [0.717, 1.165) is 5.56 Å². The number of rotatable bonds is 4. The molecule has 1 aromatic rings. The number of hydrogen-bond acceptors (Lipinski definition) is 2. The molecule has 0 saturated carbocycles. The van der Waals surface area contributed by atoms with Crippen LogP contribution in [0.5, 0.6) is 0 Å². The first-order valence-electron chi connectivity index (χ1n) is 6.71. The van der Waals surface area contributed by atoms with Crippen molar-refractivity contribution in [1.82, 2.24) is 10.2 Å². The minimum atomic E-state index is -4.43. The summed E-state index contributed by atoms with van der Waals surface area (Å²) in [5.41, 5.74) is 0.832. The summed E-state index contributed by atoms with van der Waals surface area (Å²) >= 11 is 0. The number of alkyl halides is 3. The van der Waals surface area contributed by atoms with Crippen molar-refractivity contribution in [2.75, 3.05) is 13.1 Å². The smallest absolute Gasteiger partial charge is 0.348 e. The van der Waals surface area contributed by atoms with E-state index >= 15 is 0 Å². The fourth-order valence-corrected chi connectivity index (χ4v) is 2.22. The average molecular weight is 312 g/mol. The molecule has 22 heavy (non-hydrogen) atoms. The molecule has 0 aliphatic carbocycles. The van der Waals surface area contributed by atoms with Gasteiger partial charge in [-0.05, 0) is 11.6 Å². The zero-order valence-corrected chi connectivity index (χ0v) is 11.6. The fraction of sp³-hybridized carbons (Fsp3) is 0.333. The van der Waals surface area contributed by atoms with Gasteiger partial charge in [-0.1, -0.05) is 30.3 Å². The molecule has 1 aliphatic heterocycles. The number of likely N-dealkylation sites (tertiary alicyclic amines) is 1. The largest absolute Gasteiger partial charge is 0.406 e. The number of nitrogens with one attached hydrogen (secondary N) is 1. The Hall–Kier alpha value is -2.31. The number of carbonyl (C=O) groups is 2. The summed E-state index contributed by atoms with van der Waals surface area (Å²) in [4.78, 5) is 23.9. The number of hydrogen-bond donors (Lipinski definition) is 1. The van der Waals surface area contributed by atoms with Gasteiger partial charge in [0.25, 0.3) is 0 Å². The summed E-state index contributed by atoms with van der Waals surface area (Å²) in [6.45, 7) is -1.40. The molecule has 118 valence electrons. The molecule has 0 bridgehead atoms. The Balaban J connectivity index is 1.85. The Morgan fingerprint density at radius 2 is 2.00 bits per heavy atom. The fourth-order valence-electron chi connectivity index (χ4n) is 2.22. The highest BCUT2D eigenvalue weighted by Gasteiger charge is 2.38. The number of carbonyl (C=O) groups excluding carboxylic acids is 2. The predicted octanol–water partition coefficient (Wildman–Crippen LogP) is 1.98. The van der Waals surface area contributed by atoms with E-state index in [4.69, 9.17) is 0 Å². The number of amides is 2. The maximum Gasteiger partial charge on any atom is 0.406 e. The summed E-state index contributed by atoms with van der Waals surface area (Å²) in [5.74, 6) is -1.04. The molecule has 2 rings (SSSR count). The van der Waals surface area contributed by atoms with E-state index in [1.54, 1.807) is 6.08 Å². The lowest BCUT2D eigenvalue weighted by Gasteiger charge is -2.18. The third-order valence-corrected chi connectivity index (χ3v) is 3.16. The van der Waals surface area contributed by atoms with Crippen molar-refractivity contribution in [1.29, 1.82) is 0 Å². The molecule has 1 aromatic carbocycles. The van der Waals surface area contributed by atoms with Gasteiger partial charge in [-0.3, -0.25) is 9.59 Å². The van der Waals surface area contributed by atoms with Gasteiger partial charge < -0.3 is 10.2 Å². The van der Waals surface area contributed by atoms with Gasteiger partial charge in [0.05, 0.1) is 6.04 Å². The molecule has 4 nitrogen and oxygen atoms in total. The number of benzene rings is 1. The SMILES string of the molecule is O=C(/C=C\c1ccccc1)N[C@H]1CC(=O)N(CC(F)(F)F)C1. The molecule has 0 radical (unpaired) electrons. The minimum absolute atomic E-state index is 0.110. The Labute approximate surface area is 125 Å². The maximum atomic E-state index is 12.3. The lowest BCUT2D eigenvalue weighted by Crippen LogP contribution is -2.39. The van der Waals surface area contributed by atoms with E-state index in [2.05, 4.69) is 5.32 Å². The van der Waals surface area contributed by atoms with Crippen LogP contribution in [0, 0.1) is 0 Å². The third kappa shape index (κ3) is 4.91. The molecule has 1 fully saturated rings. The van der Waals surface area contributed by atoms with E-state index in [1.165, 1.54) is 6.08 Å². The zero-order chi connectivity index (χ0) is 16.2. The van der Waals surface area contributed by atoms with E-state index in [0.29, 0.717) is 4.90 Å². The van der Waals surface area contributed by atoms with Crippen LogP contribution in [0.4, 0.5) is 13.2 Å². The molecule has 1 N–H and O–H groups in total. The predicted molar refractivity (Wildman–Crippen MR) is 74.7 cm³/mol. The second kappa shape index (κ2) is 6.64. The van der Waals surface area contributed by atoms with Crippen LogP contribution in [0.1, 0.15) is 12.0 Å². The average Bonchev–Trinajstić information content (AvgIpc) is 2.75. The highest BCUT2D eigenvalue weighted by molar-refractivity contribution is 5.92. The van der Waals surface area contributed by atoms with E-state index in [-0.39, 0.29) is 13.0 Å². The van der Waals surface area contributed by atoms with Crippen LogP contribution in [0.3, 0.4) is 0 Å². The van der Waals surface area contributed by atoms with Crippen LogP contribution in [0.15, 0.2) is 36.4 Å². The van der Waals surface area contributed by atoms with Gasteiger partial charge in [0.15, 0.2) is 0 Å². The highest BCUT2D eigenvalue weighted by atomic mass is 19.4. The Bertz CT molecular complexity index is 570. The normalized spacial score (nSPS) is 19.0. The molecule has 1 saturated heterocycles. The van der Waals surface area contributed by atoms with Crippen LogP contribution in [0.2, 0.25) is 0 Å². The van der Waals surface area contributed by atoms with Crippen LogP contribution in [-0.2, 0) is 9.59 Å². The Morgan fingerprint density at radius 3 is 2.64 bits per heavy atom. The first-order valence-corrected chi connectivity index (χ1v) is 6.71. The maximum absolute atomic E-state index is 12.3. The van der Waals surface area contributed by atoms with Crippen molar-refractivity contribution in [2.24, 2.45) is 0 Å². The van der Waals surface area contributed by atoms with Gasteiger partial charge in [-0.15, -0.1) is 0 Å². The summed E-state index contributed by atoms with van der Waals surface area (Å²) in [6, 6.07) is 8.52. The number of nitrogens with zero attached hydrogens (tertiary/aromatic N) is 1. The first kappa shape index (κ1) is 16.1. The molecule has 0 aromatic heterocycles. The molecule has 1 aliphatic rings. The third-order valence-electron chi connectivity index (χ3n) is 3.16. The standard InChI is InChI=1S/C15H15F3N2O2/c16-15(17,18)10-20-9-12(8-14(20)22)19-13(21)7-6-11-4-2-1-3-5-11/h1-7,12H,8-10H2,(H,19,21)/b7-6-/t12-/m0/s1. The monoisotopic (exact) mass is 312 g/mol.